The van der Waals surface area contributed by atoms with Gasteiger partial charge in [-0.2, -0.15) is 0 Å². The van der Waals surface area contributed by atoms with E-state index < -0.39 is 16.5 Å². The molecule has 4 heteroatoms. The van der Waals surface area contributed by atoms with Crippen molar-refractivity contribution in [2.24, 2.45) is 0 Å². The molecule has 0 amide bonds. The number of hydrogen-bond acceptors (Lipinski definition) is 1. The van der Waals surface area contributed by atoms with Gasteiger partial charge in [0.25, 0.3) is 0 Å². The standard InChI is InChI=1S/C15H13BrF2O/c1-9-8-10(19-2)6-7-11(9)15(16)14-12(17)4-3-5-13(14)18/h3-8,15H,1-2H3. The summed E-state index contributed by atoms with van der Waals surface area (Å²) in [6.07, 6.45) is 0. The second-order valence-corrected chi connectivity index (χ2v) is 5.14. The molecule has 0 aromatic heterocycles. The molecule has 0 aliphatic heterocycles. The Bertz CT molecular complexity index is 578. The van der Waals surface area contributed by atoms with Gasteiger partial charge in [0.15, 0.2) is 0 Å². The van der Waals surface area contributed by atoms with Gasteiger partial charge in [-0.05, 0) is 42.3 Å². The number of methoxy groups -OCH3 is 1. The van der Waals surface area contributed by atoms with E-state index in [4.69, 9.17) is 4.74 Å². The van der Waals surface area contributed by atoms with Crippen molar-refractivity contribution in [3.8, 4) is 5.75 Å². The van der Waals surface area contributed by atoms with Crippen LogP contribution in [0.1, 0.15) is 21.5 Å². The minimum atomic E-state index is -0.558. The molecule has 100 valence electrons. The zero-order chi connectivity index (χ0) is 14.0. The number of rotatable bonds is 3. The quantitative estimate of drug-likeness (QED) is 0.738. The van der Waals surface area contributed by atoms with Gasteiger partial charge in [-0.3, -0.25) is 0 Å². The highest BCUT2D eigenvalue weighted by Crippen LogP contribution is 2.36. The second kappa shape index (κ2) is 5.70. The monoisotopic (exact) mass is 326 g/mol. The van der Waals surface area contributed by atoms with Crippen molar-refractivity contribution in [2.75, 3.05) is 7.11 Å². The molecule has 0 spiro atoms. The van der Waals surface area contributed by atoms with Crippen LogP contribution in [-0.2, 0) is 0 Å². The van der Waals surface area contributed by atoms with Crippen LogP contribution >= 0.6 is 15.9 Å². The second-order valence-electron chi connectivity index (χ2n) is 4.22. The first kappa shape index (κ1) is 14.0. The normalized spacial score (nSPS) is 12.3. The molecule has 1 atom stereocenters. The van der Waals surface area contributed by atoms with Crippen molar-refractivity contribution in [1.82, 2.24) is 0 Å². The Morgan fingerprint density at radius 3 is 2.26 bits per heavy atom. The first-order valence-corrected chi connectivity index (χ1v) is 6.68. The Hall–Kier alpha value is -1.42. The summed E-state index contributed by atoms with van der Waals surface area (Å²) in [5.74, 6) is -0.399. The summed E-state index contributed by atoms with van der Waals surface area (Å²) in [6.45, 7) is 1.88. The molecule has 19 heavy (non-hydrogen) atoms. The van der Waals surface area contributed by atoms with Crippen molar-refractivity contribution in [1.29, 1.82) is 0 Å². The maximum absolute atomic E-state index is 13.8. The van der Waals surface area contributed by atoms with E-state index in [-0.39, 0.29) is 5.56 Å². The van der Waals surface area contributed by atoms with E-state index >= 15 is 0 Å². The molecule has 0 heterocycles. The fraction of sp³-hybridized carbons (Fsp3) is 0.200. The molecular weight excluding hydrogens is 314 g/mol. The van der Waals surface area contributed by atoms with E-state index in [9.17, 15) is 8.78 Å². The molecule has 0 fully saturated rings. The molecule has 1 unspecified atom stereocenters. The maximum Gasteiger partial charge on any atom is 0.130 e. The predicted octanol–water partition coefficient (Wildman–Crippen LogP) is 4.77. The van der Waals surface area contributed by atoms with Crippen LogP contribution in [0.3, 0.4) is 0 Å². The van der Waals surface area contributed by atoms with Gasteiger partial charge in [-0.1, -0.05) is 28.1 Å². The third-order valence-corrected chi connectivity index (χ3v) is 3.95. The molecule has 0 N–H and O–H groups in total. The van der Waals surface area contributed by atoms with Gasteiger partial charge in [0, 0.05) is 5.56 Å². The van der Waals surface area contributed by atoms with Crippen molar-refractivity contribution >= 4 is 15.9 Å². The number of hydrogen-bond donors (Lipinski definition) is 0. The topological polar surface area (TPSA) is 9.23 Å². The Balaban J connectivity index is 2.47. The largest absolute Gasteiger partial charge is 0.497 e. The first-order valence-electron chi connectivity index (χ1n) is 5.77. The summed E-state index contributed by atoms with van der Waals surface area (Å²) < 4.78 is 32.7. The Morgan fingerprint density at radius 2 is 1.74 bits per heavy atom. The van der Waals surface area contributed by atoms with Crippen molar-refractivity contribution in [2.45, 2.75) is 11.8 Å². The molecule has 0 bridgehead atoms. The molecule has 0 saturated carbocycles. The summed E-state index contributed by atoms with van der Waals surface area (Å²) in [7, 11) is 1.58. The molecule has 1 nitrogen and oxygen atoms in total. The van der Waals surface area contributed by atoms with Gasteiger partial charge in [0.05, 0.1) is 11.9 Å². The molecular formula is C15H13BrF2O. The lowest BCUT2D eigenvalue weighted by molar-refractivity contribution is 0.414. The fourth-order valence-electron chi connectivity index (χ4n) is 1.97. The smallest absolute Gasteiger partial charge is 0.130 e. The minimum absolute atomic E-state index is 0.0239. The van der Waals surface area contributed by atoms with Gasteiger partial charge in [0.1, 0.15) is 17.4 Å². The molecule has 0 saturated heterocycles. The van der Waals surface area contributed by atoms with E-state index in [1.807, 2.05) is 13.0 Å². The highest BCUT2D eigenvalue weighted by atomic mass is 79.9. The number of ether oxygens (including phenoxy) is 1. The highest BCUT2D eigenvalue weighted by Gasteiger charge is 2.20. The average Bonchev–Trinajstić information content (AvgIpc) is 2.38. The lowest BCUT2D eigenvalue weighted by Gasteiger charge is -2.16. The van der Waals surface area contributed by atoms with Crippen LogP contribution < -0.4 is 4.74 Å². The first-order chi connectivity index (χ1) is 9.04. The lowest BCUT2D eigenvalue weighted by Crippen LogP contribution is -2.02. The van der Waals surface area contributed by atoms with E-state index in [1.54, 1.807) is 19.2 Å². The number of benzene rings is 2. The van der Waals surface area contributed by atoms with Gasteiger partial charge in [-0.25, -0.2) is 8.78 Å². The van der Waals surface area contributed by atoms with E-state index in [0.29, 0.717) is 0 Å². The van der Waals surface area contributed by atoms with Crippen LogP contribution in [0.4, 0.5) is 8.78 Å². The lowest BCUT2D eigenvalue weighted by atomic mass is 9.99. The van der Waals surface area contributed by atoms with Crippen LogP contribution in [0.5, 0.6) is 5.75 Å². The van der Waals surface area contributed by atoms with Gasteiger partial charge < -0.3 is 4.74 Å². The highest BCUT2D eigenvalue weighted by molar-refractivity contribution is 9.09. The van der Waals surface area contributed by atoms with E-state index in [0.717, 1.165) is 16.9 Å². The van der Waals surface area contributed by atoms with Crippen LogP contribution in [0.2, 0.25) is 0 Å². The predicted molar refractivity (Wildman–Crippen MR) is 74.9 cm³/mol. The number of aryl methyl sites for hydroxylation is 1. The Morgan fingerprint density at radius 1 is 1.11 bits per heavy atom. The SMILES string of the molecule is COc1ccc(C(Br)c2c(F)cccc2F)c(C)c1. The summed E-state index contributed by atoms with van der Waals surface area (Å²) in [6, 6.07) is 9.28. The van der Waals surface area contributed by atoms with Gasteiger partial charge in [-0.15, -0.1) is 0 Å². The van der Waals surface area contributed by atoms with Gasteiger partial charge in [0.2, 0.25) is 0 Å². The zero-order valence-electron chi connectivity index (χ0n) is 10.6. The summed E-state index contributed by atoms with van der Waals surface area (Å²) in [4.78, 5) is -0.528. The molecule has 0 aliphatic carbocycles. The van der Waals surface area contributed by atoms with Crippen LogP contribution in [0.15, 0.2) is 36.4 Å². The van der Waals surface area contributed by atoms with Crippen molar-refractivity contribution < 1.29 is 13.5 Å². The van der Waals surface area contributed by atoms with E-state index in [1.165, 1.54) is 18.2 Å². The molecule has 2 aromatic rings. The fourth-order valence-corrected chi connectivity index (χ4v) is 2.92. The zero-order valence-corrected chi connectivity index (χ0v) is 12.2. The molecule has 2 rings (SSSR count). The number of halogens is 3. The van der Waals surface area contributed by atoms with Crippen LogP contribution in [-0.4, -0.2) is 7.11 Å². The van der Waals surface area contributed by atoms with E-state index in [2.05, 4.69) is 15.9 Å². The summed E-state index contributed by atoms with van der Waals surface area (Å²) >= 11 is 3.37. The third kappa shape index (κ3) is 2.78. The minimum Gasteiger partial charge on any atom is -0.497 e. The third-order valence-electron chi connectivity index (χ3n) is 3.00. The number of alkyl halides is 1. The van der Waals surface area contributed by atoms with Crippen molar-refractivity contribution in [3.63, 3.8) is 0 Å². The average molecular weight is 327 g/mol. The van der Waals surface area contributed by atoms with Crippen LogP contribution in [0.25, 0.3) is 0 Å². The van der Waals surface area contributed by atoms with Crippen molar-refractivity contribution in [3.05, 3.63) is 64.7 Å². The van der Waals surface area contributed by atoms with Gasteiger partial charge >= 0.3 is 0 Å². The maximum atomic E-state index is 13.8. The Kier molecular flexibility index (Phi) is 4.20. The Labute approximate surface area is 119 Å². The molecule has 2 aromatic carbocycles. The molecule has 0 aliphatic rings. The molecule has 0 radical (unpaired) electrons. The summed E-state index contributed by atoms with van der Waals surface area (Å²) in [5.41, 5.74) is 1.74. The summed E-state index contributed by atoms with van der Waals surface area (Å²) in [5, 5.41) is 0. The van der Waals surface area contributed by atoms with Crippen LogP contribution in [0, 0.1) is 18.6 Å².